The van der Waals surface area contributed by atoms with Gasteiger partial charge in [-0.1, -0.05) is 12.1 Å². The molecular weight excluding hydrogens is 188 g/mol. The minimum atomic E-state index is 0.597. The molecule has 0 aliphatic carbocycles. The van der Waals surface area contributed by atoms with Crippen molar-refractivity contribution in [2.75, 3.05) is 6.61 Å². The Bertz CT molecular complexity index is 552. The summed E-state index contributed by atoms with van der Waals surface area (Å²) in [6.45, 7) is 0.597. The second-order valence-electron chi connectivity index (χ2n) is 3.35. The molecule has 0 radical (unpaired) electrons. The molecule has 3 rings (SSSR count). The van der Waals surface area contributed by atoms with Gasteiger partial charge >= 0.3 is 0 Å². The van der Waals surface area contributed by atoms with Crippen LogP contribution in [0.15, 0.2) is 36.6 Å². The van der Waals surface area contributed by atoms with Gasteiger partial charge in [-0.2, -0.15) is 0 Å². The van der Waals surface area contributed by atoms with E-state index in [0.717, 1.165) is 16.9 Å². The summed E-state index contributed by atoms with van der Waals surface area (Å²) in [5.41, 5.74) is 2.10. The van der Waals surface area contributed by atoms with Crippen LogP contribution in [0.1, 0.15) is 5.82 Å². The fraction of sp³-hybridized carbons (Fsp3) is 0.0833. The number of ether oxygens (including phenoxy) is 1. The summed E-state index contributed by atoms with van der Waals surface area (Å²) >= 11 is 0. The average molecular weight is 198 g/mol. The second kappa shape index (κ2) is 3.28. The predicted octanol–water partition coefficient (Wildman–Crippen LogP) is 2.51. The molecule has 1 aromatic carbocycles. The number of hydrogen-bond donors (Lipinski definition) is 0. The van der Waals surface area contributed by atoms with Gasteiger partial charge in [0.15, 0.2) is 0 Å². The molecule has 0 N–H and O–H groups in total. The molecular formula is C12H10N2O. The second-order valence-corrected chi connectivity index (χ2v) is 3.35. The van der Waals surface area contributed by atoms with Gasteiger partial charge < -0.3 is 4.74 Å². The van der Waals surface area contributed by atoms with Gasteiger partial charge in [-0.15, -0.1) is 0 Å². The quantitative estimate of drug-likeness (QED) is 0.650. The molecule has 0 bridgehead atoms. The molecule has 0 saturated heterocycles. The van der Waals surface area contributed by atoms with Gasteiger partial charge in [0.05, 0.1) is 11.0 Å². The van der Waals surface area contributed by atoms with E-state index in [2.05, 4.69) is 4.98 Å². The van der Waals surface area contributed by atoms with Gasteiger partial charge in [-0.05, 0) is 24.3 Å². The molecule has 15 heavy (non-hydrogen) atoms. The summed E-state index contributed by atoms with van der Waals surface area (Å²) in [5.74, 6) is 0.941. The van der Waals surface area contributed by atoms with Crippen molar-refractivity contribution >= 4 is 23.3 Å². The van der Waals surface area contributed by atoms with Crippen LogP contribution in [-0.2, 0) is 4.74 Å². The Hall–Kier alpha value is -2.03. The topological polar surface area (TPSA) is 27.1 Å². The molecule has 0 saturated carbocycles. The van der Waals surface area contributed by atoms with E-state index in [-0.39, 0.29) is 0 Å². The Morgan fingerprint density at radius 2 is 2.20 bits per heavy atom. The van der Waals surface area contributed by atoms with E-state index < -0.39 is 0 Å². The first-order chi connectivity index (χ1) is 7.45. The number of para-hydroxylation sites is 2. The molecule has 2 aromatic rings. The highest BCUT2D eigenvalue weighted by Crippen LogP contribution is 2.18. The molecule has 2 heterocycles. The van der Waals surface area contributed by atoms with Crippen molar-refractivity contribution in [1.82, 2.24) is 9.55 Å². The molecule has 0 atom stereocenters. The molecule has 0 fully saturated rings. The van der Waals surface area contributed by atoms with Gasteiger partial charge in [-0.25, -0.2) is 4.98 Å². The zero-order valence-electron chi connectivity index (χ0n) is 8.13. The number of benzene rings is 1. The Kier molecular flexibility index (Phi) is 1.81. The Morgan fingerprint density at radius 3 is 3.20 bits per heavy atom. The molecule has 1 aliphatic rings. The van der Waals surface area contributed by atoms with Crippen molar-refractivity contribution in [3.05, 3.63) is 42.4 Å². The summed E-state index contributed by atoms with van der Waals surface area (Å²) in [5, 5.41) is 0. The first kappa shape index (κ1) is 8.29. The van der Waals surface area contributed by atoms with Crippen LogP contribution in [-0.4, -0.2) is 16.2 Å². The number of nitrogens with zero attached hydrogens (tertiary/aromatic N) is 2. The maximum Gasteiger partial charge on any atom is 0.137 e. The van der Waals surface area contributed by atoms with E-state index in [1.54, 1.807) is 6.26 Å². The van der Waals surface area contributed by atoms with E-state index >= 15 is 0 Å². The van der Waals surface area contributed by atoms with E-state index in [9.17, 15) is 0 Å². The lowest BCUT2D eigenvalue weighted by atomic mass is 10.3. The van der Waals surface area contributed by atoms with Crippen molar-refractivity contribution in [2.45, 2.75) is 0 Å². The van der Waals surface area contributed by atoms with Gasteiger partial charge in [0.2, 0.25) is 0 Å². The van der Waals surface area contributed by atoms with Crippen LogP contribution in [0.4, 0.5) is 0 Å². The van der Waals surface area contributed by atoms with E-state index in [4.69, 9.17) is 4.74 Å². The van der Waals surface area contributed by atoms with Gasteiger partial charge in [0.1, 0.15) is 18.7 Å². The largest absolute Gasteiger partial charge is 0.496 e. The molecule has 1 aliphatic heterocycles. The van der Waals surface area contributed by atoms with Crippen LogP contribution >= 0.6 is 0 Å². The first-order valence-corrected chi connectivity index (χ1v) is 4.87. The fourth-order valence-corrected chi connectivity index (χ4v) is 1.71. The SMILES string of the molecule is C1=C\c2nc3ccccc3n2/C=C\OC/1. The maximum absolute atomic E-state index is 5.23. The van der Waals surface area contributed by atoms with E-state index in [1.807, 2.05) is 47.2 Å². The molecule has 74 valence electrons. The molecule has 0 unspecified atom stereocenters. The van der Waals surface area contributed by atoms with E-state index in [1.165, 1.54) is 0 Å². The summed E-state index contributed by atoms with van der Waals surface area (Å²) in [4.78, 5) is 4.52. The molecule has 3 nitrogen and oxygen atoms in total. The number of rotatable bonds is 0. The maximum atomic E-state index is 5.23. The molecule has 3 heteroatoms. The Labute approximate surface area is 87.3 Å². The van der Waals surface area contributed by atoms with Crippen LogP contribution in [0, 0.1) is 0 Å². The third kappa shape index (κ3) is 1.32. The zero-order valence-corrected chi connectivity index (χ0v) is 8.13. The van der Waals surface area contributed by atoms with E-state index in [0.29, 0.717) is 6.61 Å². The monoisotopic (exact) mass is 198 g/mol. The van der Waals surface area contributed by atoms with Crippen LogP contribution < -0.4 is 0 Å². The fourth-order valence-electron chi connectivity index (χ4n) is 1.71. The normalized spacial score (nSPS) is 18.7. The van der Waals surface area contributed by atoms with Crippen LogP contribution in [0.5, 0.6) is 0 Å². The minimum Gasteiger partial charge on any atom is -0.496 e. The van der Waals surface area contributed by atoms with Crippen molar-refractivity contribution in [2.24, 2.45) is 0 Å². The highest BCUT2D eigenvalue weighted by Gasteiger charge is 2.06. The number of imidazole rings is 1. The van der Waals surface area contributed by atoms with Crippen molar-refractivity contribution in [1.29, 1.82) is 0 Å². The van der Waals surface area contributed by atoms with Gasteiger partial charge in [0, 0.05) is 6.20 Å². The van der Waals surface area contributed by atoms with Crippen molar-refractivity contribution in [3.63, 3.8) is 0 Å². The van der Waals surface area contributed by atoms with Crippen LogP contribution in [0.2, 0.25) is 0 Å². The third-order valence-electron chi connectivity index (χ3n) is 2.39. The number of aromatic nitrogens is 2. The highest BCUT2D eigenvalue weighted by atomic mass is 16.5. The zero-order chi connectivity index (χ0) is 10.1. The smallest absolute Gasteiger partial charge is 0.137 e. The Morgan fingerprint density at radius 1 is 1.27 bits per heavy atom. The number of fused-ring (bicyclic) bond motifs is 3. The predicted molar refractivity (Wildman–Crippen MR) is 60.0 cm³/mol. The lowest BCUT2D eigenvalue weighted by Crippen LogP contribution is -1.94. The van der Waals surface area contributed by atoms with Crippen LogP contribution in [0.25, 0.3) is 23.3 Å². The third-order valence-corrected chi connectivity index (χ3v) is 2.39. The lowest BCUT2D eigenvalue weighted by Gasteiger charge is -2.03. The van der Waals surface area contributed by atoms with Gasteiger partial charge in [0.25, 0.3) is 0 Å². The summed E-state index contributed by atoms with van der Waals surface area (Å²) < 4.78 is 7.25. The molecule has 0 amide bonds. The van der Waals surface area contributed by atoms with Crippen molar-refractivity contribution < 1.29 is 4.74 Å². The standard InChI is InChI=1S/C12H10N2O/c1-2-5-11-10(4-1)13-12-6-3-8-15-9-7-14(11)12/h1-7,9H,8H2/b6-3-,9-7-. The summed E-state index contributed by atoms with van der Waals surface area (Å²) in [6.07, 6.45) is 7.53. The average Bonchev–Trinajstić information content (AvgIpc) is 2.55. The molecule has 0 spiro atoms. The number of hydrogen-bond acceptors (Lipinski definition) is 2. The summed E-state index contributed by atoms with van der Waals surface area (Å²) in [6, 6.07) is 8.06. The Balaban J connectivity index is 2.33. The first-order valence-electron chi connectivity index (χ1n) is 4.87. The van der Waals surface area contributed by atoms with Crippen molar-refractivity contribution in [3.8, 4) is 0 Å². The van der Waals surface area contributed by atoms with Gasteiger partial charge in [-0.3, -0.25) is 4.57 Å². The lowest BCUT2D eigenvalue weighted by molar-refractivity contribution is 0.291. The molecule has 1 aromatic heterocycles. The van der Waals surface area contributed by atoms with Crippen LogP contribution in [0.3, 0.4) is 0 Å². The minimum absolute atomic E-state index is 0.597. The highest BCUT2D eigenvalue weighted by molar-refractivity contribution is 5.80. The summed E-state index contributed by atoms with van der Waals surface area (Å²) in [7, 11) is 0.